The number of carbonyl (C=O) groups excluding carboxylic acids is 1. The molecule has 28 heavy (non-hydrogen) atoms. The second-order valence-corrected chi connectivity index (χ2v) is 7.34. The van der Waals surface area contributed by atoms with Gasteiger partial charge >= 0.3 is 0 Å². The van der Waals surface area contributed by atoms with Crippen molar-refractivity contribution in [3.8, 4) is 17.1 Å². The van der Waals surface area contributed by atoms with Gasteiger partial charge in [0.1, 0.15) is 5.75 Å². The van der Waals surface area contributed by atoms with Crippen molar-refractivity contribution in [1.29, 1.82) is 0 Å². The molecule has 0 spiro atoms. The van der Waals surface area contributed by atoms with Crippen molar-refractivity contribution in [2.75, 3.05) is 12.4 Å². The molecule has 9 heteroatoms. The fraction of sp³-hybridized carbons (Fsp3) is 0.368. The zero-order valence-electron chi connectivity index (χ0n) is 16.0. The van der Waals surface area contributed by atoms with E-state index in [1.807, 2.05) is 17.5 Å². The lowest BCUT2D eigenvalue weighted by molar-refractivity contribution is -0.118. The summed E-state index contributed by atoms with van der Waals surface area (Å²) in [6.07, 6.45) is 3.69. The van der Waals surface area contributed by atoms with Crippen LogP contribution in [0.4, 0.5) is 5.69 Å². The molecule has 3 rings (SSSR count). The summed E-state index contributed by atoms with van der Waals surface area (Å²) in [6, 6.07) is 5.07. The Balaban J connectivity index is 1.71. The number of methoxy groups -OCH3 is 1. The Morgan fingerprint density at radius 1 is 1.36 bits per heavy atom. The van der Waals surface area contributed by atoms with Gasteiger partial charge in [-0.3, -0.25) is 4.79 Å². The highest BCUT2D eigenvalue weighted by molar-refractivity contribution is 7.03. The van der Waals surface area contributed by atoms with Crippen LogP contribution in [0, 0.1) is 5.92 Å². The number of hydrogen-bond acceptors (Lipinski definition) is 8. The van der Waals surface area contributed by atoms with Gasteiger partial charge in [-0.05, 0) is 36.0 Å². The summed E-state index contributed by atoms with van der Waals surface area (Å²) in [5.74, 6) is 1.45. The molecular formula is C19H23N5O3S. The van der Waals surface area contributed by atoms with Crippen molar-refractivity contribution in [3.05, 3.63) is 41.9 Å². The summed E-state index contributed by atoms with van der Waals surface area (Å²) in [5, 5.41) is 12.1. The first-order valence-corrected chi connectivity index (χ1v) is 9.77. The Morgan fingerprint density at radius 2 is 2.21 bits per heavy atom. The first-order chi connectivity index (χ1) is 13.6. The Bertz CT molecular complexity index is 881. The zero-order chi connectivity index (χ0) is 19.9. The van der Waals surface area contributed by atoms with Gasteiger partial charge in [-0.2, -0.15) is 0 Å². The quantitative estimate of drug-likeness (QED) is 0.567. The Labute approximate surface area is 167 Å². The predicted molar refractivity (Wildman–Crippen MR) is 107 cm³/mol. The number of rotatable bonds is 9. The molecule has 0 saturated carbocycles. The summed E-state index contributed by atoms with van der Waals surface area (Å²) >= 11 is 1.29. The van der Waals surface area contributed by atoms with E-state index in [4.69, 9.17) is 9.15 Å². The van der Waals surface area contributed by atoms with Gasteiger partial charge in [0.25, 0.3) is 0 Å². The summed E-state index contributed by atoms with van der Waals surface area (Å²) in [7, 11) is 1.58. The minimum absolute atomic E-state index is 0.105. The topological polar surface area (TPSA) is 102 Å². The van der Waals surface area contributed by atoms with E-state index in [9.17, 15) is 4.79 Å². The second kappa shape index (κ2) is 9.43. The van der Waals surface area contributed by atoms with Gasteiger partial charge in [-0.1, -0.05) is 18.3 Å². The van der Waals surface area contributed by atoms with Gasteiger partial charge in [0.15, 0.2) is 12.2 Å². The Hall–Kier alpha value is -2.78. The van der Waals surface area contributed by atoms with Gasteiger partial charge < -0.3 is 19.8 Å². The number of nitrogens with one attached hydrogen (secondary N) is 2. The van der Waals surface area contributed by atoms with Gasteiger partial charge in [-0.15, -0.1) is 5.10 Å². The first kappa shape index (κ1) is 20.0. The smallest absolute Gasteiger partial charge is 0.241 e. The van der Waals surface area contributed by atoms with E-state index in [-0.39, 0.29) is 11.9 Å². The number of carbonyl (C=O) groups is 1. The van der Waals surface area contributed by atoms with Crippen LogP contribution in [0.3, 0.4) is 0 Å². The van der Waals surface area contributed by atoms with Crippen LogP contribution < -0.4 is 15.4 Å². The zero-order valence-corrected chi connectivity index (χ0v) is 16.8. The predicted octanol–water partition coefficient (Wildman–Crippen LogP) is 3.34. The van der Waals surface area contributed by atoms with E-state index in [0.717, 1.165) is 11.3 Å². The van der Waals surface area contributed by atoms with E-state index >= 15 is 0 Å². The number of ether oxygens (including phenoxy) is 1. The summed E-state index contributed by atoms with van der Waals surface area (Å²) in [6.45, 7) is 4.66. The van der Waals surface area contributed by atoms with Crippen LogP contribution in [0.5, 0.6) is 5.75 Å². The van der Waals surface area contributed by atoms with Crippen molar-refractivity contribution in [2.24, 2.45) is 5.92 Å². The number of aromatic nitrogens is 3. The number of amides is 1. The highest BCUT2D eigenvalue weighted by Gasteiger charge is 2.20. The molecule has 1 amide bonds. The fourth-order valence-electron chi connectivity index (χ4n) is 2.79. The normalized spacial score (nSPS) is 12.1. The third-order valence-electron chi connectivity index (χ3n) is 4.13. The van der Waals surface area contributed by atoms with Crippen LogP contribution in [0.25, 0.3) is 11.3 Å². The molecular weight excluding hydrogens is 378 g/mol. The minimum atomic E-state index is -0.346. The minimum Gasteiger partial charge on any atom is -0.496 e. The van der Waals surface area contributed by atoms with Crippen molar-refractivity contribution in [2.45, 2.75) is 32.9 Å². The maximum Gasteiger partial charge on any atom is 0.241 e. The molecule has 0 aliphatic heterocycles. The molecule has 8 nitrogen and oxygen atoms in total. The third kappa shape index (κ3) is 5.14. The van der Waals surface area contributed by atoms with Gasteiger partial charge in [-0.25, -0.2) is 4.98 Å². The van der Waals surface area contributed by atoms with Gasteiger partial charge in [0, 0.05) is 23.7 Å². The molecule has 0 aliphatic carbocycles. The fourth-order valence-corrected chi connectivity index (χ4v) is 3.25. The maximum atomic E-state index is 12.8. The third-order valence-corrected chi connectivity index (χ3v) is 4.68. The lowest BCUT2D eigenvalue weighted by Gasteiger charge is -2.20. The molecule has 3 aromatic rings. The molecule has 0 radical (unpaired) electrons. The molecule has 1 atom stereocenters. The lowest BCUT2D eigenvalue weighted by atomic mass is 10.0. The Morgan fingerprint density at radius 3 is 2.86 bits per heavy atom. The number of anilines is 1. The largest absolute Gasteiger partial charge is 0.496 e. The van der Waals surface area contributed by atoms with Gasteiger partial charge in [0.2, 0.25) is 5.91 Å². The number of benzene rings is 1. The van der Waals surface area contributed by atoms with Crippen LogP contribution in [0.1, 0.15) is 26.0 Å². The molecule has 0 saturated heterocycles. The van der Waals surface area contributed by atoms with E-state index in [1.165, 1.54) is 17.9 Å². The van der Waals surface area contributed by atoms with Crippen molar-refractivity contribution >= 4 is 23.1 Å². The van der Waals surface area contributed by atoms with Crippen molar-refractivity contribution in [1.82, 2.24) is 19.9 Å². The molecule has 2 aromatic heterocycles. The van der Waals surface area contributed by atoms with Crippen molar-refractivity contribution < 1.29 is 13.9 Å². The number of nitrogens with zero attached hydrogens (tertiary/aromatic N) is 3. The highest BCUT2D eigenvalue weighted by Crippen LogP contribution is 2.32. The first-order valence-electron chi connectivity index (χ1n) is 8.94. The SMILES string of the molecule is COc1cc(NC(=O)C(CC(C)C)NCc2csnn2)ccc1-c1cnco1. The molecule has 2 N–H and O–H groups in total. The standard InChI is InChI=1S/C19H23N5O3S/c1-12(2)6-16(21-8-14-10-28-24-23-14)19(25)22-13-4-5-15(17(7-13)26-3)18-9-20-11-27-18/h4-5,7,9-12,16,21H,6,8H2,1-3H3,(H,22,25). The second-order valence-electron chi connectivity index (χ2n) is 6.73. The summed E-state index contributed by atoms with van der Waals surface area (Å²) in [5.41, 5.74) is 2.24. The summed E-state index contributed by atoms with van der Waals surface area (Å²) in [4.78, 5) is 16.8. The lowest BCUT2D eigenvalue weighted by Crippen LogP contribution is -2.41. The number of hydrogen-bond donors (Lipinski definition) is 2. The van der Waals surface area contributed by atoms with E-state index in [2.05, 4.69) is 39.1 Å². The Kier molecular flexibility index (Phi) is 6.72. The van der Waals surface area contributed by atoms with Crippen molar-refractivity contribution in [3.63, 3.8) is 0 Å². The van der Waals surface area contributed by atoms with Gasteiger partial charge in [0.05, 0.1) is 30.6 Å². The molecule has 0 bridgehead atoms. The van der Waals surface area contributed by atoms with Crippen LogP contribution in [0.15, 0.2) is 40.6 Å². The molecule has 148 valence electrons. The summed E-state index contributed by atoms with van der Waals surface area (Å²) < 4.78 is 14.6. The van der Waals surface area contributed by atoms with Crippen LogP contribution in [0.2, 0.25) is 0 Å². The monoisotopic (exact) mass is 401 g/mol. The molecule has 1 unspecified atom stereocenters. The van der Waals surface area contributed by atoms with E-state index in [1.54, 1.807) is 19.4 Å². The average Bonchev–Trinajstić information content (AvgIpc) is 3.38. The molecule has 0 aliphatic rings. The highest BCUT2D eigenvalue weighted by atomic mass is 32.1. The van der Waals surface area contributed by atoms with E-state index < -0.39 is 0 Å². The van der Waals surface area contributed by atoms with E-state index in [0.29, 0.717) is 36.1 Å². The van der Waals surface area contributed by atoms with Crippen LogP contribution >= 0.6 is 11.5 Å². The number of oxazole rings is 1. The van der Waals surface area contributed by atoms with Crippen LogP contribution in [-0.4, -0.2) is 33.6 Å². The maximum absolute atomic E-state index is 12.8. The molecule has 2 heterocycles. The molecule has 1 aromatic carbocycles. The van der Waals surface area contributed by atoms with Crippen LogP contribution in [-0.2, 0) is 11.3 Å². The average molecular weight is 401 g/mol. The molecule has 0 fully saturated rings.